The highest BCUT2D eigenvalue weighted by Crippen LogP contribution is 2.58. The van der Waals surface area contributed by atoms with Gasteiger partial charge in [0.1, 0.15) is 11.3 Å². The molecule has 0 spiro atoms. The van der Waals surface area contributed by atoms with Gasteiger partial charge >= 0.3 is 18.4 Å². The van der Waals surface area contributed by atoms with Crippen LogP contribution in [0.2, 0.25) is 0 Å². The second kappa shape index (κ2) is 11.9. The van der Waals surface area contributed by atoms with Gasteiger partial charge in [0, 0.05) is 17.7 Å². The molecule has 2 aromatic carbocycles. The number of urea groups is 1. The van der Waals surface area contributed by atoms with Crippen LogP contribution in [0, 0.1) is 0 Å². The minimum Gasteiger partial charge on any atom is -0.493 e. The lowest BCUT2D eigenvalue weighted by Gasteiger charge is -2.34. The summed E-state index contributed by atoms with van der Waals surface area (Å²) in [6.45, 7) is 4.50. The third-order valence-electron chi connectivity index (χ3n) is 8.45. The number of nitrogens with one attached hydrogen (secondary N) is 1. The lowest BCUT2D eigenvalue weighted by molar-refractivity contribution is -0.385. The van der Waals surface area contributed by atoms with Crippen molar-refractivity contribution in [1.29, 1.82) is 0 Å². The quantitative estimate of drug-likeness (QED) is 0.165. The average Bonchev–Trinajstić information content (AvgIpc) is 3.65. The number of fused-ring (bicyclic) bond motifs is 2. The minimum atomic E-state index is -5.72. The molecular weight excluding hydrogens is 610 g/mol. The number of amides is 3. The number of carbonyl (C=O) groups is 2. The van der Waals surface area contributed by atoms with E-state index in [2.05, 4.69) is 10.1 Å². The molecule has 5 rings (SSSR count). The van der Waals surface area contributed by atoms with Gasteiger partial charge in [0.05, 0.1) is 13.2 Å². The third kappa shape index (κ3) is 5.44. The molecule has 3 aliphatic heterocycles. The Morgan fingerprint density at radius 1 is 0.956 bits per heavy atom. The molecule has 0 aliphatic carbocycles. The number of hydrogen-bond donors (Lipinski definition) is 1. The number of imide groups is 1. The predicted octanol–water partition coefficient (Wildman–Crippen LogP) is 6.80. The van der Waals surface area contributed by atoms with Gasteiger partial charge in [-0.05, 0) is 67.5 Å². The van der Waals surface area contributed by atoms with Crippen molar-refractivity contribution in [1.82, 2.24) is 10.2 Å². The summed E-state index contributed by atoms with van der Waals surface area (Å²) in [5.41, 5.74) is -5.74. The van der Waals surface area contributed by atoms with Crippen molar-refractivity contribution < 1.29 is 54.9 Å². The summed E-state index contributed by atoms with van der Waals surface area (Å²) in [7, 11) is 0. The molecular formula is C31H34F6N2O6. The second-order valence-electron chi connectivity index (χ2n) is 11.5. The molecule has 3 aliphatic rings. The van der Waals surface area contributed by atoms with Crippen LogP contribution in [0.1, 0.15) is 74.3 Å². The van der Waals surface area contributed by atoms with E-state index in [-0.39, 0.29) is 55.2 Å². The van der Waals surface area contributed by atoms with Crippen LogP contribution in [-0.4, -0.2) is 49.1 Å². The summed E-state index contributed by atoms with van der Waals surface area (Å²) < 4.78 is 106. The predicted molar refractivity (Wildman–Crippen MR) is 148 cm³/mol. The highest BCUT2D eigenvalue weighted by molar-refractivity contribution is 6.07. The molecule has 1 N–H and O–H groups in total. The number of hydrogen-bond acceptors (Lipinski definition) is 6. The van der Waals surface area contributed by atoms with E-state index < -0.39 is 47.6 Å². The first kappa shape index (κ1) is 32.7. The summed E-state index contributed by atoms with van der Waals surface area (Å²) in [5.74, 6) is 0.832. The molecule has 0 radical (unpaired) electrons. The van der Waals surface area contributed by atoms with Gasteiger partial charge in [-0.15, -0.1) is 0 Å². The molecule has 3 heterocycles. The summed E-state index contributed by atoms with van der Waals surface area (Å²) in [6, 6.07) is 5.37. The number of alkyl halides is 6. The highest BCUT2D eigenvalue weighted by atomic mass is 19.4. The van der Waals surface area contributed by atoms with E-state index in [4.69, 9.17) is 14.2 Å². The molecule has 1 saturated heterocycles. The van der Waals surface area contributed by atoms with E-state index >= 15 is 0 Å². The third-order valence-corrected chi connectivity index (χ3v) is 8.45. The van der Waals surface area contributed by atoms with E-state index in [0.29, 0.717) is 42.7 Å². The summed E-state index contributed by atoms with van der Waals surface area (Å²) in [4.78, 5) is 27.2. The maximum atomic E-state index is 14.1. The standard InChI is InChI=1S/C31H34F6N2O6/c1-4-8-18-14-22-21(16-45-29(22,30(32,33)34)31(35,36)37)20(9-5-2)25(18)42-13-7-6-12-39-26(40)28(3,38-27(39)41)19-10-11-23-24(15-19)44-17-43-23/h10-11,14-15H,4-9,12-13,16-17H2,1-3H3,(H,38,41). The van der Waals surface area contributed by atoms with Gasteiger partial charge in [0.15, 0.2) is 11.5 Å². The first-order valence-electron chi connectivity index (χ1n) is 14.8. The van der Waals surface area contributed by atoms with Crippen molar-refractivity contribution in [2.45, 2.75) is 89.4 Å². The topological polar surface area (TPSA) is 86.3 Å². The lowest BCUT2D eigenvalue weighted by Crippen LogP contribution is -2.53. The Morgan fingerprint density at radius 2 is 1.64 bits per heavy atom. The molecule has 246 valence electrons. The van der Waals surface area contributed by atoms with E-state index in [1.165, 1.54) is 0 Å². The molecule has 2 aromatic rings. The summed E-state index contributed by atoms with van der Waals surface area (Å²) in [6.07, 6.45) is -9.41. The van der Waals surface area contributed by atoms with Crippen LogP contribution >= 0.6 is 0 Å². The Labute approximate surface area is 255 Å². The van der Waals surface area contributed by atoms with Crippen molar-refractivity contribution >= 4 is 11.9 Å². The maximum absolute atomic E-state index is 14.1. The zero-order chi connectivity index (χ0) is 32.8. The van der Waals surface area contributed by atoms with Crippen molar-refractivity contribution in [3.8, 4) is 17.2 Å². The highest BCUT2D eigenvalue weighted by Gasteiger charge is 2.76. The van der Waals surface area contributed by atoms with Gasteiger partial charge in [0.25, 0.3) is 11.5 Å². The van der Waals surface area contributed by atoms with Gasteiger partial charge < -0.3 is 24.3 Å². The molecule has 1 unspecified atom stereocenters. The molecule has 3 amide bonds. The number of benzene rings is 2. The van der Waals surface area contributed by atoms with Crippen LogP contribution in [0.4, 0.5) is 31.1 Å². The van der Waals surface area contributed by atoms with E-state index in [0.717, 1.165) is 11.0 Å². The van der Waals surface area contributed by atoms with Crippen LogP contribution in [0.5, 0.6) is 17.2 Å². The van der Waals surface area contributed by atoms with Crippen molar-refractivity contribution in [3.63, 3.8) is 0 Å². The number of halogens is 6. The Hall–Kier alpha value is -3.68. The first-order valence-corrected chi connectivity index (χ1v) is 14.8. The Balaban J connectivity index is 1.30. The zero-order valence-electron chi connectivity index (χ0n) is 25.0. The zero-order valence-corrected chi connectivity index (χ0v) is 25.0. The van der Waals surface area contributed by atoms with Crippen LogP contribution in [0.3, 0.4) is 0 Å². The normalized spacial score (nSPS) is 20.5. The first-order chi connectivity index (χ1) is 21.2. The van der Waals surface area contributed by atoms with E-state index in [1.54, 1.807) is 39.0 Å². The lowest BCUT2D eigenvalue weighted by atomic mass is 9.84. The molecule has 1 atom stereocenters. The summed E-state index contributed by atoms with van der Waals surface area (Å²) in [5, 5.41) is 2.74. The van der Waals surface area contributed by atoms with Crippen molar-refractivity contribution in [3.05, 3.63) is 52.1 Å². The molecule has 14 heteroatoms. The summed E-state index contributed by atoms with van der Waals surface area (Å²) >= 11 is 0. The number of rotatable bonds is 11. The maximum Gasteiger partial charge on any atom is 0.430 e. The van der Waals surface area contributed by atoms with Gasteiger partial charge in [-0.2, -0.15) is 26.3 Å². The molecule has 1 fully saturated rings. The molecule has 0 saturated carbocycles. The Morgan fingerprint density at radius 3 is 2.31 bits per heavy atom. The second-order valence-corrected chi connectivity index (χ2v) is 11.5. The van der Waals surface area contributed by atoms with Crippen LogP contribution in [0.15, 0.2) is 24.3 Å². The molecule has 45 heavy (non-hydrogen) atoms. The van der Waals surface area contributed by atoms with Crippen molar-refractivity contribution in [2.75, 3.05) is 19.9 Å². The number of ether oxygens (including phenoxy) is 4. The van der Waals surface area contributed by atoms with Gasteiger partial charge in [-0.25, -0.2) is 4.79 Å². The fourth-order valence-corrected chi connectivity index (χ4v) is 6.19. The smallest absolute Gasteiger partial charge is 0.430 e. The minimum absolute atomic E-state index is 0.0605. The van der Waals surface area contributed by atoms with E-state index in [1.807, 2.05) is 0 Å². The molecule has 0 bridgehead atoms. The Kier molecular flexibility index (Phi) is 8.66. The fraction of sp³-hybridized carbons (Fsp3) is 0.548. The molecule has 8 nitrogen and oxygen atoms in total. The van der Waals surface area contributed by atoms with Crippen LogP contribution < -0.4 is 19.5 Å². The van der Waals surface area contributed by atoms with Crippen LogP contribution in [-0.2, 0) is 40.1 Å². The van der Waals surface area contributed by atoms with E-state index in [9.17, 15) is 35.9 Å². The van der Waals surface area contributed by atoms with Crippen molar-refractivity contribution in [2.24, 2.45) is 0 Å². The number of aryl methyl sites for hydroxylation is 1. The number of nitrogens with zero attached hydrogens (tertiary/aromatic N) is 1. The van der Waals surface area contributed by atoms with Gasteiger partial charge in [-0.1, -0.05) is 32.8 Å². The SMILES string of the molecule is CCCc1cc2c(c(CCC)c1OCCCCN1C(=O)NC(C)(c3ccc4c(c3)OCO4)C1=O)COC2(C(F)(F)F)C(F)(F)F. The fourth-order valence-electron chi connectivity index (χ4n) is 6.19. The number of unbranched alkanes of at least 4 members (excludes halogenated alkanes) is 1. The van der Waals surface area contributed by atoms with Gasteiger partial charge in [-0.3, -0.25) is 9.69 Å². The van der Waals surface area contributed by atoms with Gasteiger partial charge in [0.2, 0.25) is 6.79 Å². The number of carbonyl (C=O) groups excluding carboxylic acids is 2. The largest absolute Gasteiger partial charge is 0.493 e. The van der Waals surface area contributed by atoms with Crippen LogP contribution in [0.25, 0.3) is 0 Å². The Bertz CT molecular complexity index is 1460. The average molecular weight is 645 g/mol. The molecule has 0 aromatic heterocycles. The monoisotopic (exact) mass is 644 g/mol.